The highest BCUT2D eigenvalue weighted by Gasteiger charge is 2.43. The molecule has 0 N–H and O–H groups in total. The van der Waals surface area contributed by atoms with Crippen LogP contribution in [0.5, 0.6) is 0 Å². The van der Waals surface area contributed by atoms with Gasteiger partial charge in [-0.3, -0.25) is 14.4 Å². The number of Topliss-reactive ketones (excluding diaryl/α,β-unsaturated/α-hetero) is 3. The molecule has 1 aromatic carbocycles. The van der Waals surface area contributed by atoms with Crippen LogP contribution in [0.1, 0.15) is 50.7 Å². The Labute approximate surface area is 130 Å². The first-order valence-corrected chi connectivity index (χ1v) is 7.67. The highest BCUT2D eigenvalue weighted by atomic mass is 16.2. The van der Waals surface area contributed by atoms with Gasteiger partial charge in [-0.25, -0.2) is 0 Å². The molecule has 1 unspecified atom stereocenters. The van der Waals surface area contributed by atoms with Crippen molar-refractivity contribution in [1.82, 2.24) is 0 Å². The minimum atomic E-state index is -0.696. The van der Waals surface area contributed by atoms with Crippen molar-refractivity contribution >= 4 is 22.9 Å². The van der Waals surface area contributed by atoms with Crippen molar-refractivity contribution in [2.24, 2.45) is 11.3 Å². The highest BCUT2D eigenvalue weighted by molar-refractivity contribution is 6.15. The zero-order valence-corrected chi connectivity index (χ0v) is 13.2. The Hall–Kier alpha value is -2.03. The Morgan fingerprint density at radius 1 is 1.09 bits per heavy atom. The molecule has 1 atom stereocenters. The first-order valence-electron chi connectivity index (χ1n) is 7.67. The average molecular weight is 296 g/mol. The molecule has 0 amide bonds. The molecule has 114 valence electrons. The van der Waals surface area contributed by atoms with E-state index in [1.165, 1.54) is 0 Å². The molecule has 3 rings (SSSR count). The third-order valence-electron chi connectivity index (χ3n) is 4.65. The van der Waals surface area contributed by atoms with Crippen molar-refractivity contribution < 1.29 is 14.4 Å². The van der Waals surface area contributed by atoms with Crippen molar-refractivity contribution in [3.63, 3.8) is 0 Å². The number of ketones is 3. The lowest BCUT2D eigenvalue weighted by atomic mass is 9.69. The van der Waals surface area contributed by atoms with Crippen molar-refractivity contribution in [2.75, 3.05) is 0 Å². The lowest BCUT2D eigenvalue weighted by Gasteiger charge is -2.32. The SMILES string of the molecule is CC(=O)C1C=C(C2C(=O)CC(C)(C)CC2=O)c2ccccc21. The summed E-state index contributed by atoms with van der Waals surface area (Å²) in [4.78, 5) is 37.0. The Balaban J connectivity index is 2.05. The van der Waals surface area contributed by atoms with Crippen molar-refractivity contribution in [2.45, 2.75) is 39.5 Å². The van der Waals surface area contributed by atoms with Crippen LogP contribution in [0, 0.1) is 11.3 Å². The summed E-state index contributed by atoms with van der Waals surface area (Å²) in [5, 5.41) is 0. The third kappa shape index (κ3) is 2.35. The molecule has 3 heteroatoms. The minimum absolute atomic E-state index is 0.0218. The molecule has 0 radical (unpaired) electrons. The fraction of sp³-hybridized carbons (Fsp3) is 0.421. The first-order chi connectivity index (χ1) is 10.3. The predicted molar refractivity (Wildman–Crippen MR) is 84.4 cm³/mol. The summed E-state index contributed by atoms with van der Waals surface area (Å²) in [6.07, 6.45) is 2.65. The molecule has 1 fully saturated rings. The Morgan fingerprint density at radius 3 is 2.27 bits per heavy atom. The van der Waals surface area contributed by atoms with Gasteiger partial charge in [0.2, 0.25) is 0 Å². The van der Waals surface area contributed by atoms with Crippen LogP contribution >= 0.6 is 0 Å². The van der Waals surface area contributed by atoms with Gasteiger partial charge >= 0.3 is 0 Å². The van der Waals surface area contributed by atoms with Gasteiger partial charge in [-0.05, 0) is 29.0 Å². The molecule has 3 nitrogen and oxygen atoms in total. The molecule has 0 aromatic heterocycles. The lowest BCUT2D eigenvalue weighted by Crippen LogP contribution is -2.38. The van der Waals surface area contributed by atoms with Gasteiger partial charge in [0.25, 0.3) is 0 Å². The summed E-state index contributed by atoms with van der Waals surface area (Å²) in [6.45, 7) is 5.46. The van der Waals surface area contributed by atoms with E-state index in [2.05, 4.69) is 0 Å². The van der Waals surface area contributed by atoms with Crippen molar-refractivity contribution in [1.29, 1.82) is 0 Å². The predicted octanol–water partition coefficient (Wildman–Crippen LogP) is 3.33. The van der Waals surface area contributed by atoms with E-state index in [-0.39, 0.29) is 28.7 Å². The van der Waals surface area contributed by atoms with Gasteiger partial charge in [-0.2, -0.15) is 0 Å². The summed E-state index contributed by atoms with van der Waals surface area (Å²) in [7, 11) is 0. The summed E-state index contributed by atoms with van der Waals surface area (Å²) >= 11 is 0. The van der Waals surface area contributed by atoms with E-state index >= 15 is 0 Å². The second-order valence-corrected chi connectivity index (χ2v) is 7.18. The van der Waals surface area contributed by atoms with E-state index in [0.717, 1.165) is 16.7 Å². The average Bonchev–Trinajstić information content (AvgIpc) is 2.76. The molecule has 0 heterocycles. The molecular formula is C19H20O3. The third-order valence-corrected chi connectivity index (χ3v) is 4.65. The van der Waals surface area contributed by atoms with Gasteiger partial charge in [0.1, 0.15) is 23.3 Å². The molecule has 0 bridgehead atoms. The van der Waals surface area contributed by atoms with E-state index < -0.39 is 5.92 Å². The van der Waals surface area contributed by atoms with Gasteiger partial charge in [-0.1, -0.05) is 44.2 Å². The molecule has 2 aliphatic rings. The molecule has 22 heavy (non-hydrogen) atoms. The van der Waals surface area contributed by atoms with Crippen molar-refractivity contribution in [3.05, 3.63) is 41.5 Å². The number of hydrogen-bond acceptors (Lipinski definition) is 3. The number of allylic oxidation sites excluding steroid dienone is 2. The van der Waals surface area contributed by atoms with Crippen LogP contribution in [0.2, 0.25) is 0 Å². The van der Waals surface area contributed by atoms with Crippen LogP contribution in [0.3, 0.4) is 0 Å². The second kappa shape index (κ2) is 5.01. The van der Waals surface area contributed by atoms with E-state index in [1.807, 2.05) is 44.2 Å². The summed E-state index contributed by atoms with van der Waals surface area (Å²) < 4.78 is 0. The standard InChI is InChI=1S/C19H20O3/c1-11(20)14-8-15(13-7-5-4-6-12(13)14)18-16(21)9-19(2,3)10-17(18)22/h4-8,14,18H,9-10H2,1-3H3. The van der Waals surface area contributed by atoms with Crippen LogP contribution < -0.4 is 0 Å². The number of carbonyl (C=O) groups excluding carboxylic acids is 3. The minimum Gasteiger partial charge on any atom is -0.299 e. The number of hydrogen-bond donors (Lipinski definition) is 0. The van der Waals surface area contributed by atoms with Crippen molar-refractivity contribution in [3.8, 4) is 0 Å². The molecule has 0 aliphatic heterocycles. The Kier molecular flexibility index (Phi) is 3.39. The number of fused-ring (bicyclic) bond motifs is 1. The number of benzene rings is 1. The maximum Gasteiger partial charge on any atom is 0.148 e. The van der Waals surface area contributed by atoms with Crippen LogP contribution in [0.15, 0.2) is 30.3 Å². The largest absolute Gasteiger partial charge is 0.299 e. The van der Waals surface area contributed by atoms with Crippen LogP contribution in [0.4, 0.5) is 0 Å². The van der Waals surface area contributed by atoms with Crippen LogP contribution in [0.25, 0.3) is 5.57 Å². The monoisotopic (exact) mass is 296 g/mol. The molecule has 0 spiro atoms. The molecule has 0 saturated heterocycles. The topological polar surface area (TPSA) is 51.2 Å². The first kappa shape index (κ1) is 14.9. The maximum atomic E-state index is 12.5. The normalized spacial score (nSPS) is 24.1. The van der Waals surface area contributed by atoms with E-state index in [9.17, 15) is 14.4 Å². The van der Waals surface area contributed by atoms with E-state index in [1.54, 1.807) is 6.92 Å². The van der Waals surface area contributed by atoms with E-state index in [4.69, 9.17) is 0 Å². The van der Waals surface area contributed by atoms with Gasteiger partial charge in [0.15, 0.2) is 0 Å². The molecule has 1 aromatic rings. The zero-order chi connectivity index (χ0) is 16.1. The Bertz CT molecular complexity index is 689. The molecular weight excluding hydrogens is 276 g/mol. The lowest BCUT2D eigenvalue weighted by molar-refractivity contribution is -0.136. The van der Waals surface area contributed by atoms with E-state index in [0.29, 0.717) is 12.8 Å². The second-order valence-electron chi connectivity index (χ2n) is 7.18. The zero-order valence-electron chi connectivity index (χ0n) is 13.2. The van der Waals surface area contributed by atoms with Gasteiger partial charge < -0.3 is 0 Å². The quantitative estimate of drug-likeness (QED) is 0.787. The van der Waals surface area contributed by atoms with Crippen LogP contribution in [-0.4, -0.2) is 17.3 Å². The fourth-order valence-electron chi connectivity index (χ4n) is 3.71. The number of carbonyl (C=O) groups is 3. The highest BCUT2D eigenvalue weighted by Crippen LogP contribution is 2.45. The number of rotatable bonds is 2. The summed E-state index contributed by atoms with van der Waals surface area (Å²) in [5.41, 5.74) is 2.27. The fourth-order valence-corrected chi connectivity index (χ4v) is 3.71. The maximum absolute atomic E-state index is 12.5. The molecule has 1 saturated carbocycles. The smallest absolute Gasteiger partial charge is 0.148 e. The van der Waals surface area contributed by atoms with Gasteiger partial charge in [0.05, 0.1) is 5.92 Å². The van der Waals surface area contributed by atoms with Crippen LogP contribution in [-0.2, 0) is 14.4 Å². The van der Waals surface area contributed by atoms with Gasteiger partial charge in [-0.15, -0.1) is 0 Å². The summed E-state index contributed by atoms with van der Waals surface area (Å²) in [5.74, 6) is -1.03. The Morgan fingerprint density at radius 2 is 1.68 bits per heavy atom. The molecule has 2 aliphatic carbocycles. The van der Waals surface area contributed by atoms with Gasteiger partial charge in [0, 0.05) is 12.8 Å². The summed E-state index contributed by atoms with van der Waals surface area (Å²) in [6, 6.07) is 7.59.